The van der Waals surface area contributed by atoms with Crippen LogP contribution in [0.3, 0.4) is 0 Å². The quantitative estimate of drug-likeness (QED) is 0.899. The second-order valence-electron chi connectivity index (χ2n) is 6.27. The first-order valence-corrected chi connectivity index (χ1v) is 8.19. The summed E-state index contributed by atoms with van der Waals surface area (Å²) in [4.78, 5) is 14.5. The minimum atomic E-state index is -0.0426. The molecule has 2 atom stereocenters. The van der Waals surface area contributed by atoms with Gasteiger partial charge in [0, 0.05) is 37.5 Å². The molecule has 120 valence electrons. The summed E-state index contributed by atoms with van der Waals surface area (Å²) in [7, 11) is 0. The Morgan fingerprint density at radius 1 is 1.14 bits per heavy atom. The molecule has 1 aromatic rings. The van der Waals surface area contributed by atoms with Crippen LogP contribution in [-0.4, -0.2) is 43.9 Å². The van der Waals surface area contributed by atoms with Crippen LogP contribution in [0.15, 0.2) is 30.3 Å². The number of hydrogen-bond acceptors (Lipinski definition) is 3. The van der Waals surface area contributed by atoms with Crippen LogP contribution < -0.4 is 15.5 Å². The maximum Gasteiger partial charge on any atom is 0.315 e. The molecule has 2 fully saturated rings. The van der Waals surface area contributed by atoms with Gasteiger partial charge in [-0.25, -0.2) is 4.79 Å². The molecule has 2 aliphatic rings. The fourth-order valence-electron chi connectivity index (χ4n) is 3.37. The van der Waals surface area contributed by atoms with Crippen LogP contribution in [0.4, 0.5) is 10.5 Å². The van der Waals surface area contributed by atoms with E-state index in [0.29, 0.717) is 6.04 Å². The zero-order chi connectivity index (χ0) is 15.4. The van der Waals surface area contributed by atoms with Gasteiger partial charge < -0.3 is 20.3 Å². The lowest BCUT2D eigenvalue weighted by Crippen LogP contribution is -2.48. The van der Waals surface area contributed by atoms with Crippen molar-refractivity contribution in [3.8, 4) is 0 Å². The minimum Gasteiger partial charge on any atom is -0.381 e. The fraction of sp³-hybridized carbons (Fsp3) is 0.588. The van der Waals surface area contributed by atoms with Gasteiger partial charge in [-0.05, 0) is 38.3 Å². The van der Waals surface area contributed by atoms with Gasteiger partial charge in [0.2, 0.25) is 0 Å². The predicted octanol–water partition coefficient (Wildman–Crippen LogP) is 2.13. The first-order valence-electron chi connectivity index (χ1n) is 8.19. The number of carbonyl (C=O) groups is 1. The number of urea groups is 1. The fourth-order valence-corrected chi connectivity index (χ4v) is 3.37. The van der Waals surface area contributed by atoms with E-state index in [2.05, 4.69) is 46.7 Å². The maximum absolute atomic E-state index is 12.1. The van der Waals surface area contributed by atoms with E-state index in [1.165, 1.54) is 5.69 Å². The van der Waals surface area contributed by atoms with E-state index >= 15 is 0 Å². The Kier molecular flexibility index (Phi) is 4.83. The minimum absolute atomic E-state index is 0.0426. The average Bonchev–Trinajstić information content (AvgIpc) is 2.89. The number of amides is 2. The molecule has 3 rings (SSSR count). The summed E-state index contributed by atoms with van der Waals surface area (Å²) in [6.45, 7) is 4.57. The van der Waals surface area contributed by atoms with Crippen LogP contribution in [0.2, 0.25) is 0 Å². The van der Waals surface area contributed by atoms with Crippen LogP contribution in [0.25, 0.3) is 0 Å². The topological polar surface area (TPSA) is 53.6 Å². The van der Waals surface area contributed by atoms with Gasteiger partial charge in [0.1, 0.15) is 0 Å². The molecule has 0 unspecified atom stereocenters. The molecule has 2 heterocycles. The van der Waals surface area contributed by atoms with E-state index in [9.17, 15) is 4.79 Å². The van der Waals surface area contributed by atoms with Gasteiger partial charge >= 0.3 is 6.03 Å². The zero-order valence-electron chi connectivity index (χ0n) is 13.1. The molecule has 5 nitrogen and oxygen atoms in total. The lowest BCUT2D eigenvalue weighted by Gasteiger charge is -2.25. The van der Waals surface area contributed by atoms with E-state index in [1.54, 1.807) is 0 Å². The SMILES string of the molecule is C[C@H]1C[C@@H](NC(=O)NC2CCOCC2)CN1c1ccccc1. The van der Waals surface area contributed by atoms with Crippen LogP contribution in [-0.2, 0) is 4.74 Å². The predicted molar refractivity (Wildman–Crippen MR) is 87.2 cm³/mol. The molecule has 1 aromatic carbocycles. The first-order chi connectivity index (χ1) is 10.7. The van der Waals surface area contributed by atoms with E-state index in [4.69, 9.17) is 4.74 Å². The third-order valence-corrected chi connectivity index (χ3v) is 4.55. The summed E-state index contributed by atoms with van der Waals surface area (Å²) in [5.74, 6) is 0. The number of nitrogens with zero attached hydrogens (tertiary/aromatic N) is 1. The molecule has 0 spiro atoms. The Hall–Kier alpha value is -1.75. The monoisotopic (exact) mass is 303 g/mol. The van der Waals surface area contributed by atoms with Crippen molar-refractivity contribution >= 4 is 11.7 Å². The second-order valence-corrected chi connectivity index (χ2v) is 6.27. The van der Waals surface area contributed by atoms with Crippen molar-refractivity contribution in [1.29, 1.82) is 0 Å². The van der Waals surface area contributed by atoms with Gasteiger partial charge in [-0.1, -0.05) is 18.2 Å². The zero-order valence-corrected chi connectivity index (χ0v) is 13.1. The van der Waals surface area contributed by atoms with Crippen LogP contribution in [0, 0.1) is 0 Å². The lowest BCUT2D eigenvalue weighted by molar-refractivity contribution is 0.0800. The van der Waals surface area contributed by atoms with Crippen molar-refractivity contribution < 1.29 is 9.53 Å². The van der Waals surface area contributed by atoms with Crippen molar-refractivity contribution in [2.45, 2.75) is 44.3 Å². The Balaban J connectivity index is 1.50. The van der Waals surface area contributed by atoms with Crippen molar-refractivity contribution in [2.75, 3.05) is 24.7 Å². The highest BCUT2D eigenvalue weighted by Gasteiger charge is 2.30. The Labute approximate surface area is 132 Å². The summed E-state index contributed by atoms with van der Waals surface area (Å²) in [5.41, 5.74) is 1.23. The molecule has 2 saturated heterocycles. The van der Waals surface area contributed by atoms with Gasteiger partial charge in [-0.2, -0.15) is 0 Å². The summed E-state index contributed by atoms with van der Waals surface area (Å²) < 4.78 is 5.31. The normalized spacial score (nSPS) is 26.0. The van der Waals surface area contributed by atoms with Crippen molar-refractivity contribution in [1.82, 2.24) is 10.6 Å². The number of nitrogens with one attached hydrogen (secondary N) is 2. The lowest BCUT2D eigenvalue weighted by atomic mass is 10.1. The third kappa shape index (κ3) is 3.71. The van der Waals surface area contributed by atoms with Crippen LogP contribution in [0.1, 0.15) is 26.2 Å². The van der Waals surface area contributed by atoms with E-state index in [-0.39, 0.29) is 18.1 Å². The molecule has 2 N–H and O–H groups in total. The molecule has 22 heavy (non-hydrogen) atoms. The molecule has 0 saturated carbocycles. The molecular weight excluding hydrogens is 278 g/mol. The van der Waals surface area contributed by atoms with Crippen molar-refractivity contribution in [3.05, 3.63) is 30.3 Å². The molecule has 0 aliphatic carbocycles. The first kappa shape index (κ1) is 15.2. The summed E-state index contributed by atoms with van der Waals surface area (Å²) in [5, 5.41) is 6.19. The highest BCUT2D eigenvalue weighted by atomic mass is 16.5. The summed E-state index contributed by atoms with van der Waals surface area (Å²) in [6.07, 6.45) is 2.80. The highest BCUT2D eigenvalue weighted by Crippen LogP contribution is 2.25. The number of ether oxygens (including phenoxy) is 1. The number of benzene rings is 1. The number of carbonyl (C=O) groups excluding carboxylic acids is 1. The molecule has 0 radical (unpaired) electrons. The van der Waals surface area contributed by atoms with Crippen molar-refractivity contribution in [2.24, 2.45) is 0 Å². The largest absolute Gasteiger partial charge is 0.381 e. The van der Waals surface area contributed by atoms with Crippen molar-refractivity contribution in [3.63, 3.8) is 0 Å². The molecule has 2 aliphatic heterocycles. The highest BCUT2D eigenvalue weighted by molar-refractivity contribution is 5.74. The van der Waals surface area contributed by atoms with E-state index in [0.717, 1.165) is 39.0 Å². The summed E-state index contributed by atoms with van der Waals surface area (Å²) in [6, 6.07) is 11.2. The number of anilines is 1. The van der Waals surface area contributed by atoms with Gasteiger partial charge in [0.25, 0.3) is 0 Å². The second kappa shape index (κ2) is 7.01. The molecular formula is C17H25N3O2. The Bertz CT molecular complexity index is 488. The molecule has 0 aromatic heterocycles. The molecule has 0 bridgehead atoms. The van der Waals surface area contributed by atoms with E-state index in [1.807, 2.05) is 6.07 Å². The average molecular weight is 303 g/mol. The summed E-state index contributed by atoms with van der Waals surface area (Å²) >= 11 is 0. The van der Waals surface area contributed by atoms with Crippen LogP contribution in [0.5, 0.6) is 0 Å². The van der Waals surface area contributed by atoms with Crippen LogP contribution >= 0.6 is 0 Å². The molecule has 5 heteroatoms. The Morgan fingerprint density at radius 3 is 2.55 bits per heavy atom. The maximum atomic E-state index is 12.1. The Morgan fingerprint density at radius 2 is 1.82 bits per heavy atom. The van der Waals surface area contributed by atoms with Gasteiger partial charge in [-0.3, -0.25) is 0 Å². The smallest absolute Gasteiger partial charge is 0.315 e. The van der Waals surface area contributed by atoms with E-state index < -0.39 is 0 Å². The molecule has 2 amide bonds. The number of para-hydroxylation sites is 1. The van der Waals surface area contributed by atoms with Gasteiger partial charge in [0.15, 0.2) is 0 Å². The standard InChI is InChI=1S/C17H25N3O2/c1-13-11-15(12-20(13)16-5-3-2-4-6-16)19-17(21)18-14-7-9-22-10-8-14/h2-6,13-15H,7-12H2,1H3,(H2,18,19,21)/t13-,15+/m0/s1. The van der Waals surface area contributed by atoms with Gasteiger partial charge in [-0.15, -0.1) is 0 Å². The van der Waals surface area contributed by atoms with Gasteiger partial charge in [0.05, 0.1) is 6.04 Å². The number of hydrogen-bond donors (Lipinski definition) is 2. The number of rotatable bonds is 3. The third-order valence-electron chi connectivity index (χ3n) is 4.55.